The van der Waals surface area contributed by atoms with E-state index in [1.807, 2.05) is 91.0 Å². The molecule has 9 aliphatic rings. The molecule has 0 bridgehead atoms. The molecule has 141 heavy (non-hydrogen) atoms. The second-order valence-corrected chi connectivity index (χ2v) is 36.5. The number of aromatic hydroxyl groups is 1. The Hall–Kier alpha value is -12.1. The number of phenols is 1. The number of aryl methyl sites for hydroxylation is 2. The number of ether oxygens (including phenoxy) is 5. The molecule has 18 rings (SSSR count). The molecule has 4 saturated carbocycles. The van der Waals surface area contributed by atoms with Crippen LogP contribution in [0.1, 0.15) is 269 Å². The number of phenolic OH excluding ortho intramolecular Hbond substituents is 1. The van der Waals surface area contributed by atoms with Crippen molar-refractivity contribution >= 4 is 79.1 Å². The third-order valence-electron chi connectivity index (χ3n) is 24.4. The number of nitrogens with one attached hydrogen (secondary N) is 2. The standard InChI is InChI=1S/C24H27NO4.C24H23NO4.C16H12BrNO3.C16H25NO2.C10H9NO3.C8H12O.C6H5BrO.C4H8O.C2H6O.CH4.H2N2.H2O.H2/c2*26-22-20-9-2-3-10-21(20)23(27)25(22)15-16-29-19-8-6-7-18(17-19)11-14-24(28)12-4-1-5-13-24;17-11-4-3-5-12(10-11)21-9-8-18-15(19)13-6-1-2-7-14(13)16(18)20;17-11-12-19-15-6-4-5-14(13-15)7-10-16(18)8-2-1-3-9-16;12-6-5-11-9(13)7-3-1-2-4-8(7)10(11)14;1-2-8(9)6-4-3-5-7-8;7-5-2-1-3-6(8)4-5;1-2-4-5-3-1;1-2-3;;1-2;;/h2-3,6-10,17,28H,1,4-5,11-16H2;2-3,6-10,17,28H,1,4-5,12-13,15-16H2;1-7,10H,8-9H2;4-6,13,18H,1-3,7-12,17H2;1-4,12H,5-6H2;1,9H,3-7H2;1-4,8H;1-4H2;3H,2H2,1H3;1H4;1-2H;1H2;1H. The molecule has 0 atom stereocenters. The Labute approximate surface area is 845 Å². The van der Waals surface area contributed by atoms with Gasteiger partial charge in [-0.3, -0.25) is 58.0 Å². The van der Waals surface area contributed by atoms with Gasteiger partial charge in [-0.2, -0.15) is 0 Å². The zero-order valence-electron chi connectivity index (χ0n) is 79.5. The van der Waals surface area contributed by atoms with Gasteiger partial charge < -0.3 is 70.6 Å². The summed E-state index contributed by atoms with van der Waals surface area (Å²) in [5.74, 6) is 9.46. The first-order valence-electron chi connectivity index (χ1n) is 47.7. The number of hydrogen-bond acceptors (Lipinski definition) is 23. The molecule has 30 heteroatoms. The summed E-state index contributed by atoms with van der Waals surface area (Å²) in [6.45, 7) is 6.22. The molecule has 9 aromatic rings. The number of halogens is 2. The van der Waals surface area contributed by atoms with Gasteiger partial charge in [0.1, 0.15) is 66.4 Å². The van der Waals surface area contributed by atoms with Crippen LogP contribution in [0.4, 0.5) is 0 Å². The molecule has 0 radical (unpaired) electrons. The zero-order chi connectivity index (χ0) is 100. The van der Waals surface area contributed by atoms with Gasteiger partial charge in [0.05, 0.1) is 88.5 Å². The molecule has 28 nitrogen and oxygen atoms in total. The lowest BCUT2D eigenvalue weighted by Crippen LogP contribution is -2.33. The molecule has 13 N–H and O–H groups in total. The van der Waals surface area contributed by atoms with Gasteiger partial charge in [-0.15, -0.1) is 6.42 Å². The number of nitrogens with two attached hydrogens (primary N) is 1. The number of imide groups is 4. The number of β-amino-alcohol motifs (C(OH)–C–C–N with tert-alkyl or cyclic N) is 1. The van der Waals surface area contributed by atoms with Crippen LogP contribution in [-0.2, 0) is 17.6 Å². The highest BCUT2D eigenvalue weighted by Crippen LogP contribution is 2.36. The zero-order valence-corrected chi connectivity index (χ0v) is 82.7. The van der Waals surface area contributed by atoms with Crippen molar-refractivity contribution in [2.24, 2.45) is 5.73 Å². The number of aliphatic hydroxyl groups excluding tert-OH is 2. The van der Waals surface area contributed by atoms with E-state index in [2.05, 4.69) is 61.8 Å². The largest absolute Gasteiger partial charge is 0.508 e. The number of benzene rings is 9. The van der Waals surface area contributed by atoms with Gasteiger partial charge in [-0.25, -0.2) is 11.1 Å². The van der Waals surface area contributed by atoms with E-state index in [9.17, 15) is 58.8 Å². The Bertz CT molecular complexity index is 5460. The van der Waals surface area contributed by atoms with Crippen molar-refractivity contribution < 1.29 is 105 Å². The van der Waals surface area contributed by atoms with Crippen molar-refractivity contribution in [3.8, 4) is 52.9 Å². The Morgan fingerprint density at radius 1 is 0.397 bits per heavy atom. The molecule has 0 unspecified atom stereocenters. The van der Waals surface area contributed by atoms with Crippen molar-refractivity contribution in [1.82, 2.24) is 19.6 Å². The smallest absolute Gasteiger partial charge is 0.261 e. The molecule has 5 heterocycles. The highest BCUT2D eigenvalue weighted by atomic mass is 79.9. The number of amides is 8. The summed E-state index contributed by atoms with van der Waals surface area (Å²) in [5.41, 5.74) is 19.5. The number of terminal acetylenes is 1. The van der Waals surface area contributed by atoms with Gasteiger partial charge in [0, 0.05) is 42.3 Å². The molecule has 5 fully saturated rings. The van der Waals surface area contributed by atoms with E-state index in [1.165, 1.54) is 52.4 Å². The van der Waals surface area contributed by atoms with E-state index in [4.69, 9.17) is 62.2 Å². The molecular weight excluding hydrogens is 1930 g/mol. The summed E-state index contributed by atoms with van der Waals surface area (Å²) in [5, 5.41) is 66.2. The lowest BCUT2D eigenvalue weighted by Gasteiger charge is -2.32. The van der Waals surface area contributed by atoms with Gasteiger partial charge in [-0.05, 0) is 261 Å². The van der Waals surface area contributed by atoms with Crippen molar-refractivity contribution in [2.75, 3.05) is 85.6 Å². The van der Waals surface area contributed by atoms with Gasteiger partial charge >= 0.3 is 0 Å². The van der Waals surface area contributed by atoms with Crippen molar-refractivity contribution in [3.05, 3.63) is 289 Å². The minimum Gasteiger partial charge on any atom is -0.508 e. The van der Waals surface area contributed by atoms with Crippen LogP contribution >= 0.6 is 31.9 Å². The van der Waals surface area contributed by atoms with Crippen LogP contribution in [0.2, 0.25) is 0 Å². The highest BCUT2D eigenvalue weighted by molar-refractivity contribution is 9.10. The summed E-state index contributed by atoms with van der Waals surface area (Å²) >= 11 is 6.56. The highest BCUT2D eigenvalue weighted by Gasteiger charge is 2.40. The predicted molar refractivity (Wildman–Crippen MR) is 550 cm³/mol. The molecule has 4 aliphatic carbocycles. The fourth-order valence-electron chi connectivity index (χ4n) is 17.0. The topological polar surface area (TPSA) is 443 Å². The fourth-order valence-corrected chi connectivity index (χ4v) is 17.8. The van der Waals surface area contributed by atoms with E-state index in [-0.39, 0.29) is 121 Å². The minimum absolute atomic E-state index is 0. The molecule has 5 aliphatic heterocycles. The van der Waals surface area contributed by atoms with E-state index in [1.54, 1.807) is 122 Å². The first-order valence-corrected chi connectivity index (χ1v) is 49.3. The number of carbonyl (C=O) groups is 8. The number of aliphatic hydroxyl groups is 6. The molecular formula is C111H137Br2N7O21. The SMILES string of the molecule is C.C#CC1(O)CCCCC1.C1CCOC1.CCO.N=N.NCCOc1cccc(CCC2(O)CCCCC2)c1.O.O=C1c2ccccc2C(=O)N1CCO.O=C1c2ccccc2C(=O)N1CCOc1cccc(Br)c1.O=C1c2ccccc2C(=O)N1CCOc1cccc(C#CC2(O)CCCCC2)c1.O=C1c2ccccc2C(=O)N1CCOc1cccc(CCC2(O)CCCCC2)c1.Oc1cccc(Br)c1.[HH]. The van der Waals surface area contributed by atoms with Gasteiger partial charge in [0.15, 0.2) is 0 Å². The predicted octanol–water partition coefficient (Wildman–Crippen LogP) is 18.4. The normalized spacial score (nSPS) is 16.3. The quantitative estimate of drug-likeness (QED) is 0.0161. The maximum atomic E-state index is 12.4. The second-order valence-electron chi connectivity index (χ2n) is 34.7. The number of fused-ring (bicyclic) bond motifs is 4. The number of hydrogen-bond donors (Lipinski definition) is 10. The first kappa shape index (κ1) is 116. The van der Waals surface area contributed by atoms with Crippen molar-refractivity contribution in [1.29, 1.82) is 11.1 Å². The lowest BCUT2D eigenvalue weighted by atomic mass is 9.81. The van der Waals surface area contributed by atoms with Gasteiger partial charge in [0.2, 0.25) is 0 Å². The summed E-state index contributed by atoms with van der Waals surface area (Å²) in [6, 6.07) is 64.9. The van der Waals surface area contributed by atoms with E-state index >= 15 is 0 Å². The van der Waals surface area contributed by atoms with E-state index in [0.717, 1.165) is 185 Å². The molecule has 0 spiro atoms. The number of nitrogens with zero attached hydrogens (tertiary/aromatic N) is 4. The Kier molecular flexibility index (Phi) is 49.5. The van der Waals surface area contributed by atoms with Crippen LogP contribution in [0.25, 0.3) is 0 Å². The molecule has 8 amide bonds. The van der Waals surface area contributed by atoms with Gasteiger partial charge in [-0.1, -0.05) is 199 Å². The van der Waals surface area contributed by atoms with Crippen LogP contribution in [-0.4, -0.2) is 216 Å². The lowest BCUT2D eigenvalue weighted by molar-refractivity contribution is -0.00382. The van der Waals surface area contributed by atoms with Crippen LogP contribution in [0.15, 0.2) is 227 Å². The third-order valence-corrected chi connectivity index (χ3v) is 25.4. The summed E-state index contributed by atoms with van der Waals surface area (Å²) in [6.07, 6.45) is 31.4. The number of rotatable bonds is 23. The molecule has 1 saturated heterocycles. The van der Waals surface area contributed by atoms with E-state index < -0.39 is 22.4 Å². The summed E-state index contributed by atoms with van der Waals surface area (Å²) in [4.78, 5) is 102. The van der Waals surface area contributed by atoms with Crippen molar-refractivity contribution in [2.45, 2.75) is 204 Å². The number of carbonyl (C=O) groups excluding carboxylic acids is 8. The molecule has 756 valence electrons. The van der Waals surface area contributed by atoms with E-state index in [0.29, 0.717) is 74.9 Å². The van der Waals surface area contributed by atoms with Crippen LogP contribution in [0.3, 0.4) is 0 Å². The second kappa shape index (κ2) is 60.2. The maximum absolute atomic E-state index is 12.4. The van der Waals surface area contributed by atoms with Crippen LogP contribution in [0, 0.1) is 35.2 Å². The summed E-state index contributed by atoms with van der Waals surface area (Å²) in [7, 11) is 0. The van der Waals surface area contributed by atoms with Crippen molar-refractivity contribution in [3.63, 3.8) is 0 Å². The average Bonchev–Trinajstić information content (AvgIpc) is 1.65. The van der Waals surface area contributed by atoms with Gasteiger partial charge in [0.25, 0.3) is 47.3 Å². The fraction of sp³-hybridized carbons (Fsp3) is 0.405. The average molecular weight is 2070 g/mol. The Morgan fingerprint density at radius 2 is 0.695 bits per heavy atom. The van der Waals surface area contributed by atoms with Crippen LogP contribution in [0.5, 0.6) is 28.7 Å². The minimum atomic E-state index is -0.888. The molecule has 0 aromatic heterocycles. The third kappa shape index (κ3) is 36.1. The Morgan fingerprint density at radius 3 is 0.993 bits per heavy atom. The Balaban J connectivity index is 0.000000257. The summed E-state index contributed by atoms with van der Waals surface area (Å²) < 4.78 is 29.4. The first-order chi connectivity index (χ1) is 67.2. The molecule has 9 aromatic carbocycles. The maximum Gasteiger partial charge on any atom is 0.261 e. The van der Waals surface area contributed by atoms with Crippen LogP contribution < -0.4 is 24.7 Å². The monoisotopic (exact) mass is 2060 g/mol.